The lowest BCUT2D eigenvalue weighted by atomic mass is 10.0. The summed E-state index contributed by atoms with van der Waals surface area (Å²) < 4.78 is 0. The number of hydrogen-bond donors (Lipinski definition) is 3. The molecule has 2 aliphatic rings. The van der Waals surface area contributed by atoms with E-state index in [1.165, 1.54) is 0 Å². The van der Waals surface area contributed by atoms with E-state index >= 15 is 0 Å². The van der Waals surface area contributed by atoms with E-state index in [4.69, 9.17) is 0 Å². The highest BCUT2D eigenvalue weighted by Gasteiger charge is 2.50. The first kappa shape index (κ1) is 8.16. The van der Waals surface area contributed by atoms with Gasteiger partial charge in [0.05, 0.1) is 6.04 Å². The minimum absolute atomic E-state index is 0.0327. The fraction of sp³-hybridized carbons (Fsp3) is 0.875. The predicted molar refractivity (Wildman–Crippen MR) is 43.9 cm³/mol. The van der Waals surface area contributed by atoms with E-state index in [9.17, 15) is 9.90 Å². The molecular formula is C8H14N2O2. The SMILES string of the molecule is O=C(C1CNCCN1)C1(O)CC1. The monoisotopic (exact) mass is 170 g/mol. The van der Waals surface area contributed by atoms with Gasteiger partial charge in [0, 0.05) is 19.6 Å². The lowest BCUT2D eigenvalue weighted by Crippen LogP contribution is -2.55. The van der Waals surface area contributed by atoms with Gasteiger partial charge in [-0.1, -0.05) is 0 Å². The Morgan fingerprint density at radius 1 is 1.42 bits per heavy atom. The molecule has 2 fully saturated rings. The van der Waals surface area contributed by atoms with Gasteiger partial charge >= 0.3 is 0 Å². The molecule has 0 aromatic carbocycles. The van der Waals surface area contributed by atoms with Gasteiger partial charge in [-0.05, 0) is 12.8 Å². The van der Waals surface area contributed by atoms with Crippen LogP contribution in [0.4, 0.5) is 0 Å². The van der Waals surface area contributed by atoms with Gasteiger partial charge in [-0.25, -0.2) is 0 Å². The van der Waals surface area contributed by atoms with Crippen LogP contribution in [0.25, 0.3) is 0 Å². The van der Waals surface area contributed by atoms with Gasteiger partial charge in [0.1, 0.15) is 5.60 Å². The lowest BCUT2D eigenvalue weighted by molar-refractivity contribution is -0.131. The Morgan fingerprint density at radius 3 is 2.67 bits per heavy atom. The molecular weight excluding hydrogens is 156 g/mol. The van der Waals surface area contributed by atoms with Gasteiger partial charge in [0.15, 0.2) is 5.78 Å². The van der Waals surface area contributed by atoms with Gasteiger partial charge in [-0.15, -0.1) is 0 Å². The Balaban J connectivity index is 1.94. The van der Waals surface area contributed by atoms with Crippen molar-refractivity contribution in [3.63, 3.8) is 0 Å². The molecule has 2 rings (SSSR count). The zero-order valence-corrected chi connectivity index (χ0v) is 6.97. The molecule has 0 aromatic rings. The second kappa shape index (κ2) is 2.80. The molecule has 4 heteroatoms. The maximum absolute atomic E-state index is 11.5. The van der Waals surface area contributed by atoms with Crippen LogP contribution in [0.2, 0.25) is 0 Å². The molecule has 68 valence electrons. The summed E-state index contributed by atoms with van der Waals surface area (Å²) in [7, 11) is 0. The quantitative estimate of drug-likeness (QED) is 0.479. The largest absolute Gasteiger partial charge is 0.382 e. The van der Waals surface area contributed by atoms with Crippen LogP contribution in [0.3, 0.4) is 0 Å². The number of Topliss-reactive ketones (excluding diaryl/α,β-unsaturated/α-hetero) is 1. The number of rotatable bonds is 2. The fourth-order valence-corrected chi connectivity index (χ4v) is 1.53. The molecule has 0 aromatic heterocycles. The standard InChI is InChI=1S/C8H14N2O2/c11-7(8(12)1-2-8)6-5-9-3-4-10-6/h6,9-10,12H,1-5H2. The third-order valence-corrected chi connectivity index (χ3v) is 2.54. The molecule has 1 saturated carbocycles. The van der Waals surface area contributed by atoms with Crippen LogP contribution in [0.1, 0.15) is 12.8 Å². The summed E-state index contributed by atoms with van der Waals surface area (Å²) in [5, 5.41) is 15.7. The van der Waals surface area contributed by atoms with E-state index in [2.05, 4.69) is 10.6 Å². The number of nitrogens with one attached hydrogen (secondary N) is 2. The predicted octanol–water partition coefficient (Wildman–Crippen LogP) is -1.36. The number of ketones is 1. The molecule has 0 amide bonds. The van der Waals surface area contributed by atoms with Crippen molar-refractivity contribution in [3.05, 3.63) is 0 Å². The molecule has 1 atom stereocenters. The zero-order valence-electron chi connectivity index (χ0n) is 6.97. The van der Waals surface area contributed by atoms with E-state index in [-0.39, 0.29) is 11.8 Å². The van der Waals surface area contributed by atoms with E-state index in [1.54, 1.807) is 0 Å². The van der Waals surface area contributed by atoms with Crippen molar-refractivity contribution in [2.24, 2.45) is 0 Å². The molecule has 0 radical (unpaired) electrons. The summed E-state index contributed by atoms with van der Waals surface area (Å²) in [5.41, 5.74) is -0.976. The average Bonchev–Trinajstić information content (AvgIpc) is 2.85. The molecule has 0 bridgehead atoms. The number of aliphatic hydroxyl groups is 1. The zero-order chi connectivity index (χ0) is 8.60. The average molecular weight is 170 g/mol. The van der Waals surface area contributed by atoms with Crippen molar-refractivity contribution in [2.45, 2.75) is 24.5 Å². The van der Waals surface area contributed by atoms with Crippen LogP contribution in [-0.2, 0) is 4.79 Å². The first-order valence-corrected chi connectivity index (χ1v) is 4.43. The van der Waals surface area contributed by atoms with Crippen LogP contribution < -0.4 is 10.6 Å². The molecule has 1 aliphatic carbocycles. The maximum Gasteiger partial charge on any atom is 0.182 e. The Labute approximate surface area is 71.3 Å². The molecule has 1 aliphatic heterocycles. The Hall–Kier alpha value is -0.450. The molecule has 1 saturated heterocycles. The molecule has 4 nitrogen and oxygen atoms in total. The number of piperazine rings is 1. The lowest BCUT2D eigenvalue weighted by Gasteiger charge is -2.25. The Kier molecular flexibility index (Phi) is 1.90. The topological polar surface area (TPSA) is 61.4 Å². The highest BCUT2D eigenvalue weighted by Crippen LogP contribution is 2.36. The number of carbonyl (C=O) groups is 1. The smallest absolute Gasteiger partial charge is 0.182 e. The van der Waals surface area contributed by atoms with Crippen LogP contribution in [-0.4, -0.2) is 42.2 Å². The third kappa shape index (κ3) is 1.37. The summed E-state index contributed by atoms with van der Waals surface area (Å²) in [6.45, 7) is 2.37. The van der Waals surface area contributed by atoms with Gasteiger partial charge in [0.2, 0.25) is 0 Å². The molecule has 3 N–H and O–H groups in total. The molecule has 1 unspecified atom stereocenters. The maximum atomic E-state index is 11.5. The van der Waals surface area contributed by atoms with Crippen LogP contribution >= 0.6 is 0 Å². The van der Waals surface area contributed by atoms with Crippen molar-refractivity contribution < 1.29 is 9.90 Å². The normalized spacial score (nSPS) is 32.9. The van der Waals surface area contributed by atoms with Gasteiger partial charge in [0.25, 0.3) is 0 Å². The molecule has 12 heavy (non-hydrogen) atoms. The summed E-state index contributed by atoms with van der Waals surface area (Å²) in [4.78, 5) is 11.5. The van der Waals surface area contributed by atoms with Crippen molar-refractivity contribution >= 4 is 5.78 Å². The van der Waals surface area contributed by atoms with Crippen LogP contribution in [0.15, 0.2) is 0 Å². The van der Waals surface area contributed by atoms with Gasteiger partial charge < -0.3 is 15.7 Å². The van der Waals surface area contributed by atoms with E-state index in [1.807, 2.05) is 0 Å². The van der Waals surface area contributed by atoms with Crippen molar-refractivity contribution in [1.82, 2.24) is 10.6 Å². The summed E-state index contributed by atoms with van der Waals surface area (Å²) in [6.07, 6.45) is 1.29. The second-order valence-electron chi connectivity index (χ2n) is 3.61. The summed E-state index contributed by atoms with van der Waals surface area (Å²) in [6, 6.07) is -0.175. The van der Waals surface area contributed by atoms with E-state index < -0.39 is 5.60 Å². The van der Waals surface area contributed by atoms with Gasteiger partial charge in [-0.3, -0.25) is 4.79 Å². The van der Waals surface area contributed by atoms with E-state index in [0.717, 1.165) is 13.1 Å². The summed E-state index contributed by atoms with van der Waals surface area (Å²) >= 11 is 0. The van der Waals surface area contributed by atoms with Crippen LogP contribution in [0, 0.1) is 0 Å². The van der Waals surface area contributed by atoms with Crippen molar-refractivity contribution in [3.8, 4) is 0 Å². The fourth-order valence-electron chi connectivity index (χ4n) is 1.53. The minimum Gasteiger partial charge on any atom is -0.382 e. The second-order valence-corrected chi connectivity index (χ2v) is 3.61. The first-order chi connectivity index (χ1) is 5.72. The molecule has 1 heterocycles. The Morgan fingerprint density at radius 2 is 2.17 bits per heavy atom. The molecule has 0 spiro atoms. The van der Waals surface area contributed by atoms with Gasteiger partial charge in [-0.2, -0.15) is 0 Å². The minimum atomic E-state index is -0.976. The summed E-state index contributed by atoms with van der Waals surface area (Å²) in [5.74, 6) is -0.0327. The number of carbonyl (C=O) groups excluding carboxylic acids is 1. The van der Waals surface area contributed by atoms with Crippen LogP contribution in [0.5, 0.6) is 0 Å². The number of hydrogen-bond acceptors (Lipinski definition) is 4. The van der Waals surface area contributed by atoms with E-state index in [0.29, 0.717) is 19.4 Å². The Bertz CT molecular complexity index is 195. The third-order valence-electron chi connectivity index (χ3n) is 2.54. The highest BCUT2D eigenvalue weighted by molar-refractivity contribution is 5.94. The van der Waals surface area contributed by atoms with Crippen molar-refractivity contribution in [1.29, 1.82) is 0 Å². The first-order valence-electron chi connectivity index (χ1n) is 4.43. The highest BCUT2D eigenvalue weighted by atomic mass is 16.3. The van der Waals surface area contributed by atoms with Crippen molar-refractivity contribution in [2.75, 3.05) is 19.6 Å².